The number of fused-ring (bicyclic) bond motifs is 5. The number of carboxylic acid groups (broad SMARTS) is 2. The molecule has 0 spiro atoms. The molecule has 0 aliphatic heterocycles. The maximum Gasteiger partial charge on any atom is 0.336 e. The standard InChI is InChI=1S/C18H16.C9H8O4/c1-3-7-15-13(5-1)9-11-18-16-8-4-2-6-14(16)10-12-17(15)18;1-5-3-2-4-6(8(10)11)7(5)9(12)13/h1,3,5,7,9-12H,2,4,6,8H2;2-4H,1H3,(H,10,11)(H,12,13). The third-order valence-electron chi connectivity index (χ3n) is 5.97. The number of hydrogen-bond donors (Lipinski definition) is 2. The van der Waals surface area contributed by atoms with Crippen LogP contribution in [0, 0.1) is 6.92 Å². The Morgan fingerprint density at radius 3 is 2.19 bits per heavy atom. The van der Waals surface area contributed by atoms with Gasteiger partial charge in [-0.05, 0) is 76.9 Å². The van der Waals surface area contributed by atoms with Crippen molar-refractivity contribution in [3.8, 4) is 0 Å². The highest BCUT2D eigenvalue weighted by Gasteiger charge is 2.17. The molecular formula is C27H24O4. The summed E-state index contributed by atoms with van der Waals surface area (Å²) in [5.74, 6) is -2.43. The molecule has 0 amide bonds. The van der Waals surface area contributed by atoms with Gasteiger partial charge in [-0.15, -0.1) is 0 Å². The van der Waals surface area contributed by atoms with Crippen molar-refractivity contribution in [3.63, 3.8) is 0 Å². The van der Waals surface area contributed by atoms with E-state index in [0.717, 1.165) is 0 Å². The average molecular weight is 412 g/mol. The molecule has 0 radical (unpaired) electrons. The molecule has 0 bridgehead atoms. The van der Waals surface area contributed by atoms with Crippen LogP contribution in [0.5, 0.6) is 0 Å². The number of rotatable bonds is 2. The highest BCUT2D eigenvalue weighted by molar-refractivity contribution is 6.08. The summed E-state index contributed by atoms with van der Waals surface area (Å²) in [5, 5.41) is 23.1. The molecule has 0 atom stereocenters. The maximum absolute atomic E-state index is 10.7. The monoisotopic (exact) mass is 412 g/mol. The number of benzene rings is 4. The Hall–Kier alpha value is -3.66. The quantitative estimate of drug-likeness (QED) is 0.381. The first kappa shape index (κ1) is 20.6. The normalized spacial score (nSPS) is 12.7. The van der Waals surface area contributed by atoms with Crippen LogP contribution in [0.25, 0.3) is 21.5 Å². The third kappa shape index (κ3) is 4.02. The van der Waals surface area contributed by atoms with E-state index < -0.39 is 11.9 Å². The molecule has 4 aromatic carbocycles. The Balaban J connectivity index is 0.000000159. The second kappa shape index (κ2) is 8.60. The van der Waals surface area contributed by atoms with Gasteiger partial charge in [-0.25, -0.2) is 9.59 Å². The van der Waals surface area contributed by atoms with Crippen LogP contribution in [0.3, 0.4) is 0 Å². The number of carboxylic acids is 2. The molecule has 0 saturated carbocycles. The molecule has 156 valence electrons. The van der Waals surface area contributed by atoms with Crippen LogP contribution in [-0.2, 0) is 12.8 Å². The second-order valence-electron chi connectivity index (χ2n) is 7.90. The molecule has 31 heavy (non-hydrogen) atoms. The molecule has 4 nitrogen and oxygen atoms in total. The first-order valence-electron chi connectivity index (χ1n) is 10.5. The van der Waals surface area contributed by atoms with E-state index in [1.165, 1.54) is 59.4 Å². The highest BCUT2D eigenvalue weighted by atomic mass is 16.4. The van der Waals surface area contributed by atoms with Gasteiger partial charge in [0, 0.05) is 0 Å². The molecule has 0 aromatic heterocycles. The first-order valence-corrected chi connectivity index (χ1v) is 10.5. The first-order chi connectivity index (χ1) is 15.0. The molecule has 0 heterocycles. The van der Waals surface area contributed by atoms with Crippen LogP contribution < -0.4 is 0 Å². The van der Waals surface area contributed by atoms with Crippen molar-refractivity contribution >= 4 is 33.5 Å². The van der Waals surface area contributed by atoms with E-state index in [1.54, 1.807) is 24.1 Å². The predicted octanol–water partition coefficient (Wildman–Crippen LogP) is 6.26. The average Bonchev–Trinajstić information content (AvgIpc) is 2.78. The van der Waals surface area contributed by atoms with Crippen molar-refractivity contribution in [2.45, 2.75) is 32.6 Å². The number of aryl methyl sites for hydroxylation is 3. The zero-order valence-corrected chi connectivity index (χ0v) is 17.4. The van der Waals surface area contributed by atoms with Crippen LogP contribution in [0.15, 0.2) is 66.7 Å². The van der Waals surface area contributed by atoms with Crippen molar-refractivity contribution < 1.29 is 19.8 Å². The summed E-state index contributed by atoms with van der Waals surface area (Å²) in [4.78, 5) is 21.3. The molecule has 0 unspecified atom stereocenters. The SMILES string of the molecule is Cc1cccc(C(=O)O)c1C(=O)O.c1ccc2c(c1)ccc1c3c(ccc12)CCCC3. The Morgan fingerprint density at radius 1 is 0.710 bits per heavy atom. The Kier molecular flexibility index (Phi) is 5.72. The fourth-order valence-electron chi connectivity index (χ4n) is 4.47. The minimum Gasteiger partial charge on any atom is -0.478 e. The van der Waals surface area contributed by atoms with Gasteiger partial charge in [0.25, 0.3) is 0 Å². The smallest absolute Gasteiger partial charge is 0.336 e. The van der Waals surface area contributed by atoms with Crippen molar-refractivity contribution in [2.75, 3.05) is 0 Å². The molecule has 2 N–H and O–H groups in total. The topological polar surface area (TPSA) is 74.6 Å². The van der Waals surface area contributed by atoms with Crippen LogP contribution in [-0.4, -0.2) is 22.2 Å². The Labute approximate surface area is 180 Å². The van der Waals surface area contributed by atoms with Crippen LogP contribution in [0.1, 0.15) is 50.2 Å². The van der Waals surface area contributed by atoms with E-state index in [2.05, 4.69) is 48.5 Å². The van der Waals surface area contributed by atoms with E-state index in [-0.39, 0.29) is 11.1 Å². The van der Waals surface area contributed by atoms with Gasteiger partial charge in [-0.1, -0.05) is 60.7 Å². The lowest BCUT2D eigenvalue weighted by atomic mass is 9.86. The van der Waals surface area contributed by atoms with E-state index >= 15 is 0 Å². The third-order valence-corrected chi connectivity index (χ3v) is 5.97. The summed E-state index contributed by atoms with van der Waals surface area (Å²) in [7, 11) is 0. The minimum absolute atomic E-state index is 0.144. The number of aromatic carboxylic acids is 2. The second-order valence-corrected chi connectivity index (χ2v) is 7.90. The maximum atomic E-state index is 10.7. The summed E-state index contributed by atoms with van der Waals surface area (Å²) in [5.41, 5.74) is 3.31. The van der Waals surface area contributed by atoms with Crippen molar-refractivity contribution in [3.05, 3.63) is 94.5 Å². The van der Waals surface area contributed by atoms with Crippen LogP contribution >= 0.6 is 0 Å². The van der Waals surface area contributed by atoms with Gasteiger partial charge in [0.2, 0.25) is 0 Å². The predicted molar refractivity (Wildman–Crippen MR) is 123 cm³/mol. The van der Waals surface area contributed by atoms with Crippen LogP contribution in [0.4, 0.5) is 0 Å². The van der Waals surface area contributed by atoms with E-state index in [9.17, 15) is 9.59 Å². The summed E-state index contributed by atoms with van der Waals surface area (Å²) in [6.45, 7) is 1.57. The largest absolute Gasteiger partial charge is 0.478 e. The molecule has 4 heteroatoms. The minimum atomic E-state index is -1.22. The van der Waals surface area contributed by atoms with Crippen molar-refractivity contribution in [1.29, 1.82) is 0 Å². The lowest BCUT2D eigenvalue weighted by molar-refractivity contribution is 0.0651. The summed E-state index contributed by atoms with van der Waals surface area (Å²) in [6.07, 6.45) is 5.22. The molecule has 4 aromatic rings. The van der Waals surface area contributed by atoms with Gasteiger partial charge in [0.05, 0.1) is 11.1 Å². The van der Waals surface area contributed by atoms with Gasteiger partial charge >= 0.3 is 11.9 Å². The van der Waals surface area contributed by atoms with Crippen molar-refractivity contribution in [1.82, 2.24) is 0 Å². The van der Waals surface area contributed by atoms with Gasteiger partial charge in [0.1, 0.15) is 0 Å². The van der Waals surface area contributed by atoms with Gasteiger partial charge in [0.15, 0.2) is 0 Å². The Bertz CT molecular complexity index is 1300. The van der Waals surface area contributed by atoms with E-state index in [4.69, 9.17) is 10.2 Å². The molecule has 5 rings (SSSR count). The molecule has 0 fully saturated rings. The Morgan fingerprint density at radius 2 is 1.45 bits per heavy atom. The van der Waals surface area contributed by atoms with Crippen molar-refractivity contribution in [2.24, 2.45) is 0 Å². The van der Waals surface area contributed by atoms with Crippen LogP contribution in [0.2, 0.25) is 0 Å². The summed E-state index contributed by atoms with van der Waals surface area (Å²) in [6, 6.07) is 22.3. The molecule has 0 saturated heterocycles. The molecular weight excluding hydrogens is 388 g/mol. The summed E-state index contributed by atoms with van der Waals surface area (Å²) < 4.78 is 0. The highest BCUT2D eigenvalue weighted by Crippen LogP contribution is 2.33. The number of carbonyl (C=O) groups is 2. The van der Waals surface area contributed by atoms with Gasteiger partial charge in [-0.2, -0.15) is 0 Å². The lowest BCUT2D eigenvalue weighted by Gasteiger charge is -2.18. The lowest BCUT2D eigenvalue weighted by Crippen LogP contribution is -2.09. The van der Waals surface area contributed by atoms with Gasteiger partial charge < -0.3 is 10.2 Å². The van der Waals surface area contributed by atoms with E-state index in [0.29, 0.717) is 5.56 Å². The molecule has 1 aliphatic rings. The molecule has 1 aliphatic carbocycles. The summed E-state index contributed by atoms with van der Waals surface area (Å²) >= 11 is 0. The zero-order valence-electron chi connectivity index (χ0n) is 17.4. The fraction of sp³-hybridized carbons (Fsp3) is 0.185. The van der Waals surface area contributed by atoms with Gasteiger partial charge in [-0.3, -0.25) is 0 Å². The number of hydrogen-bond acceptors (Lipinski definition) is 2. The van der Waals surface area contributed by atoms with E-state index in [1.807, 2.05) is 0 Å². The fourth-order valence-corrected chi connectivity index (χ4v) is 4.47. The zero-order chi connectivity index (χ0) is 22.0.